The summed E-state index contributed by atoms with van der Waals surface area (Å²) in [6, 6.07) is 8.44. The van der Waals surface area contributed by atoms with Crippen molar-refractivity contribution in [1.29, 1.82) is 0 Å². The first-order chi connectivity index (χ1) is 12.4. The molecule has 0 bridgehead atoms. The number of aliphatic imine (C=N–C) groups is 1. The van der Waals surface area contributed by atoms with Gasteiger partial charge in [0.2, 0.25) is 5.91 Å². The summed E-state index contributed by atoms with van der Waals surface area (Å²) in [7, 11) is 9.51. The molecule has 0 aliphatic heterocycles. The van der Waals surface area contributed by atoms with Crippen molar-refractivity contribution in [2.45, 2.75) is 32.2 Å². The first-order valence-electron chi connectivity index (χ1n) is 9.30. The quantitative estimate of drug-likeness (QED) is 0.603. The molecular weight excluding hydrogens is 326 g/mol. The zero-order valence-corrected chi connectivity index (χ0v) is 16.8. The van der Waals surface area contributed by atoms with E-state index in [4.69, 9.17) is 0 Å². The van der Waals surface area contributed by atoms with E-state index in [2.05, 4.69) is 44.8 Å². The molecule has 26 heavy (non-hydrogen) atoms. The van der Waals surface area contributed by atoms with Gasteiger partial charge in [-0.05, 0) is 30.5 Å². The first kappa shape index (κ1) is 20.1. The summed E-state index contributed by atoms with van der Waals surface area (Å²) >= 11 is 0. The average molecular weight is 360 g/mol. The van der Waals surface area contributed by atoms with Crippen molar-refractivity contribution in [3.05, 3.63) is 29.8 Å². The molecule has 2 rings (SSSR count). The summed E-state index contributed by atoms with van der Waals surface area (Å²) in [4.78, 5) is 20.8. The van der Waals surface area contributed by atoms with Crippen LogP contribution in [0.1, 0.15) is 31.2 Å². The number of guanidine groups is 1. The molecule has 0 heterocycles. The second kappa shape index (κ2) is 8.92. The highest BCUT2D eigenvalue weighted by Crippen LogP contribution is 2.38. The third-order valence-electron chi connectivity index (χ3n) is 5.15. The van der Waals surface area contributed by atoms with Gasteiger partial charge in [0.1, 0.15) is 0 Å². The number of benzene rings is 1. The molecular formula is C20H33N5O. The number of rotatable bonds is 6. The van der Waals surface area contributed by atoms with E-state index in [0.717, 1.165) is 31.6 Å². The van der Waals surface area contributed by atoms with Gasteiger partial charge in [-0.3, -0.25) is 9.79 Å². The van der Waals surface area contributed by atoms with Crippen molar-refractivity contribution in [1.82, 2.24) is 15.5 Å². The predicted octanol–water partition coefficient (Wildman–Crippen LogP) is 2.07. The largest absolute Gasteiger partial charge is 0.378 e. The SMILES string of the molecule is CN=C(NCc1ccc(N(C)C)cc1)NCC1(C(=O)N(C)C)CCCC1. The maximum atomic E-state index is 12.7. The molecule has 1 aromatic carbocycles. The molecule has 1 aliphatic carbocycles. The summed E-state index contributed by atoms with van der Waals surface area (Å²) in [5.74, 6) is 0.955. The summed E-state index contributed by atoms with van der Waals surface area (Å²) in [6.07, 6.45) is 4.12. The van der Waals surface area contributed by atoms with Crippen molar-refractivity contribution in [2.24, 2.45) is 10.4 Å². The van der Waals surface area contributed by atoms with Crippen LogP contribution in [0.3, 0.4) is 0 Å². The van der Waals surface area contributed by atoms with Crippen LogP contribution in [0.25, 0.3) is 0 Å². The minimum absolute atomic E-state index is 0.220. The lowest BCUT2D eigenvalue weighted by molar-refractivity contribution is -0.138. The van der Waals surface area contributed by atoms with Gasteiger partial charge in [-0.2, -0.15) is 0 Å². The number of carbonyl (C=O) groups is 1. The highest BCUT2D eigenvalue weighted by molar-refractivity contribution is 5.85. The van der Waals surface area contributed by atoms with Gasteiger partial charge in [0, 0.05) is 54.0 Å². The Labute approximate surface area is 157 Å². The Balaban J connectivity index is 1.91. The Hall–Kier alpha value is -2.24. The fourth-order valence-electron chi connectivity index (χ4n) is 3.56. The number of amides is 1. The number of nitrogens with one attached hydrogen (secondary N) is 2. The van der Waals surface area contributed by atoms with E-state index in [9.17, 15) is 4.79 Å². The van der Waals surface area contributed by atoms with Gasteiger partial charge in [0.25, 0.3) is 0 Å². The van der Waals surface area contributed by atoms with Crippen LogP contribution in [0.15, 0.2) is 29.3 Å². The predicted molar refractivity (Wildman–Crippen MR) is 109 cm³/mol. The molecule has 144 valence electrons. The lowest BCUT2D eigenvalue weighted by atomic mass is 9.84. The number of hydrogen-bond donors (Lipinski definition) is 2. The maximum absolute atomic E-state index is 12.7. The maximum Gasteiger partial charge on any atom is 0.230 e. The summed E-state index contributed by atoms with van der Waals surface area (Å²) in [6.45, 7) is 1.32. The Morgan fingerprint density at radius 1 is 1.08 bits per heavy atom. The van der Waals surface area contributed by atoms with Crippen molar-refractivity contribution >= 4 is 17.6 Å². The Kier molecular flexibility index (Phi) is 6.89. The van der Waals surface area contributed by atoms with E-state index >= 15 is 0 Å². The third-order valence-corrected chi connectivity index (χ3v) is 5.15. The van der Waals surface area contributed by atoms with Crippen LogP contribution >= 0.6 is 0 Å². The van der Waals surface area contributed by atoms with E-state index in [1.807, 2.05) is 28.2 Å². The second-order valence-corrected chi connectivity index (χ2v) is 7.53. The highest BCUT2D eigenvalue weighted by atomic mass is 16.2. The number of carbonyl (C=O) groups excluding carboxylic acids is 1. The molecule has 0 atom stereocenters. The van der Waals surface area contributed by atoms with Crippen LogP contribution in [0.4, 0.5) is 5.69 Å². The summed E-state index contributed by atoms with van der Waals surface area (Å²) < 4.78 is 0. The highest BCUT2D eigenvalue weighted by Gasteiger charge is 2.42. The summed E-state index contributed by atoms with van der Waals surface area (Å²) in [5, 5.41) is 6.72. The molecule has 0 spiro atoms. The van der Waals surface area contributed by atoms with Crippen molar-refractivity contribution < 1.29 is 4.79 Å². The molecule has 1 saturated carbocycles. The molecule has 0 saturated heterocycles. The van der Waals surface area contributed by atoms with Crippen LogP contribution in [0, 0.1) is 5.41 Å². The van der Waals surface area contributed by atoms with Gasteiger partial charge in [-0.25, -0.2) is 0 Å². The fraction of sp³-hybridized carbons (Fsp3) is 0.600. The van der Waals surface area contributed by atoms with Gasteiger partial charge in [-0.1, -0.05) is 25.0 Å². The van der Waals surface area contributed by atoms with E-state index < -0.39 is 0 Å². The monoisotopic (exact) mass is 359 g/mol. The number of hydrogen-bond acceptors (Lipinski definition) is 3. The lowest BCUT2D eigenvalue weighted by Crippen LogP contribution is -2.49. The smallest absolute Gasteiger partial charge is 0.230 e. The normalized spacial score (nSPS) is 16.3. The van der Waals surface area contributed by atoms with Crippen LogP contribution < -0.4 is 15.5 Å². The first-order valence-corrected chi connectivity index (χ1v) is 9.30. The van der Waals surface area contributed by atoms with Gasteiger partial charge >= 0.3 is 0 Å². The molecule has 6 nitrogen and oxygen atoms in total. The van der Waals surface area contributed by atoms with E-state index in [1.165, 1.54) is 11.3 Å². The van der Waals surface area contributed by atoms with E-state index in [-0.39, 0.29) is 11.3 Å². The summed E-state index contributed by atoms with van der Waals surface area (Å²) in [5.41, 5.74) is 2.08. The van der Waals surface area contributed by atoms with Crippen LogP contribution in [0.2, 0.25) is 0 Å². The molecule has 1 aromatic rings. The number of anilines is 1. The van der Waals surface area contributed by atoms with Crippen LogP contribution in [-0.4, -0.2) is 58.5 Å². The standard InChI is InChI=1S/C20H33N5O/c1-21-19(22-14-16-8-10-17(11-9-16)24(2)3)23-15-20(12-6-7-13-20)18(26)25(4)5/h8-11H,6-7,12-15H2,1-5H3,(H2,21,22,23). The lowest BCUT2D eigenvalue weighted by Gasteiger charge is -2.31. The number of nitrogens with zero attached hydrogens (tertiary/aromatic N) is 3. The molecule has 6 heteroatoms. The van der Waals surface area contributed by atoms with Gasteiger partial charge < -0.3 is 20.4 Å². The van der Waals surface area contributed by atoms with Gasteiger partial charge in [0.05, 0.1) is 5.41 Å². The Morgan fingerprint density at radius 2 is 1.69 bits per heavy atom. The van der Waals surface area contributed by atoms with Crippen LogP contribution in [-0.2, 0) is 11.3 Å². The topological polar surface area (TPSA) is 60.0 Å². The van der Waals surface area contributed by atoms with Gasteiger partial charge in [-0.15, -0.1) is 0 Å². The fourth-order valence-corrected chi connectivity index (χ4v) is 3.56. The van der Waals surface area contributed by atoms with Crippen molar-refractivity contribution in [2.75, 3.05) is 46.7 Å². The Bertz CT molecular complexity index is 616. The third kappa shape index (κ3) is 4.90. The molecule has 2 N–H and O–H groups in total. The molecule has 0 radical (unpaired) electrons. The molecule has 0 unspecified atom stereocenters. The van der Waals surface area contributed by atoms with Crippen molar-refractivity contribution in [3.63, 3.8) is 0 Å². The minimum atomic E-state index is -0.297. The average Bonchev–Trinajstić information content (AvgIpc) is 3.11. The molecule has 1 aliphatic rings. The Morgan fingerprint density at radius 3 is 2.19 bits per heavy atom. The van der Waals surface area contributed by atoms with Crippen molar-refractivity contribution in [3.8, 4) is 0 Å². The van der Waals surface area contributed by atoms with Crippen LogP contribution in [0.5, 0.6) is 0 Å². The molecule has 1 fully saturated rings. The minimum Gasteiger partial charge on any atom is -0.378 e. The zero-order valence-electron chi connectivity index (χ0n) is 16.8. The zero-order chi connectivity index (χ0) is 19.2. The van der Waals surface area contributed by atoms with E-state index in [0.29, 0.717) is 13.1 Å². The second-order valence-electron chi connectivity index (χ2n) is 7.53. The van der Waals surface area contributed by atoms with Gasteiger partial charge in [0.15, 0.2) is 5.96 Å². The molecule has 0 aromatic heterocycles. The van der Waals surface area contributed by atoms with E-state index in [1.54, 1.807) is 11.9 Å². The molecule has 1 amide bonds.